The lowest BCUT2D eigenvalue weighted by atomic mass is 10.2. The maximum absolute atomic E-state index is 13.1. The fourth-order valence-electron chi connectivity index (χ4n) is 2.52. The van der Waals surface area contributed by atoms with Crippen LogP contribution in [0.4, 0.5) is 24.5 Å². The zero-order valence-electron chi connectivity index (χ0n) is 16.4. The Bertz CT molecular complexity index is 1070. The maximum atomic E-state index is 13.1. The van der Waals surface area contributed by atoms with Gasteiger partial charge in [-0.25, -0.2) is 13.2 Å². The molecule has 0 aliphatic carbocycles. The van der Waals surface area contributed by atoms with Crippen molar-refractivity contribution in [2.75, 3.05) is 29.0 Å². The highest BCUT2D eigenvalue weighted by Crippen LogP contribution is 2.37. The van der Waals surface area contributed by atoms with E-state index in [1.807, 2.05) is 0 Å². The number of anilines is 2. The molecule has 31 heavy (non-hydrogen) atoms. The molecule has 2 aromatic rings. The van der Waals surface area contributed by atoms with Crippen molar-refractivity contribution in [3.05, 3.63) is 58.6 Å². The number of sulfonamides is 1. The zero-order chi connectivity index (χ0) is 23.4. The smallest absolute Gasteiger partial charge is 0.417 e. The minimum atomic E-state index is -4.81. The summed E-state index contributed by atoms with van der Waals surface area (Å²) in [5, 5.41) is 1.82. The molecule has 0 aromatic heterocycles. The van der Waals surface area contributed by atoms with E-state index in [0.29, 0.717) is 10.4 Å². The number of halogens is 4. The number of hydrogen-bond donors (Lipinski definition) is 1. The summed E-state index contributed by atoms with van der Waals surface area (Å²) in [5.74, 6) is -1.36. The number of nitrogens with one attached hydrogen (secondary N) is 1. The van der Waals surface area contributed by atoms with Crippen LogP contribution in [0, 0.1) is 0 Å². The van der Waals surface area contributed by atoms with Gasteiger partial charge in [-0.2, -0.15) is 13.2 Å². The summed E-state index contributed by atoms with van der Waals surface area (Å²) in [6.45, 7) is 1.06. The summed E-state index contributed by atoms with van der Waals surface area (Å²) in [4.78, 5) is 24.0. The van der Waals surface area contributed by atoms with Crippen LogP contribution in [-0.4, -0.2) is 39.7 Å². The van der Waals surface area contributed by atoms with Gasteiger partial charge in [-0.3, -0.25) is 9.10 Å². The van der Waals surface area contributed by atoms with E-state index in [1.165, 1.54) is 24.3 Å². The van der Waals surface area contributed by atoms with E-state index < -0.39 is 45.2 Å². The van der Waals surface area contributed by atoms with Crippen molar-refractivity contribution in [2.45, 2.75) is 13.1 Å². The lowest BCUT2D eigenvalue weighted by molar-refractivity contribution is -0.137. The van der Waals surface area contributed by atoms with Crippen molar-refractivity contribution in [3.8, 4) is 0 Å². The Labute approximate surface area is 181 Å². The average molecular weight is 479 g/mol. The average Bonchev–Trinajstić information content (AvgIpc) is 2.66. The van der Waals surface area contributed by atoms with Crippen molar-refractivity contribution in [1.82, 2.24) is 0 Å². The van der Waals surface area contributed by atoms with Gasteiger partial charge in [-0.05, 0) is 49.4 Å². The number of carbonyl (C=O) groups is 2. The third kappa shape index (κ3) is 6.59. The van der Waals surface area contributed by atoms with Gasteiger partial charge < -0.3 is 10.1 Å². The molecule has 0 heterocycles. The highest BCUT2D eigenvalue weighted by Gasteiger charge is 2.34. The van der Waals surface area contributed by atoms with Gasteiger partial charge in [0, 0.05) is 5.69 Å². The Morgan fingerprint density at radius 1 is 1.13 bits per heavy atom. The van der Waals surface area contributed by atoms with Crippen molar-refractivity contribution in [1.29, 1.82) is 0 Å². The quantitative estimate of drug-likeness (QED) is 0.608. The monoisotopic (exact) mass is 478 g/mol. The van der Waals surface area contributed by atoms with Crippen LogP contribution in [0.15, 0.2) is 42.5 Å². The number of hydrogen-bond acceptors (Lipinski definition) is 5. The zero-order valence-corrected chi connectivity index (χ0v) is 17.9. The molecule has 12 heteroatoms. The fourth-order valence-corrected chi connectivity index (χ4v) is 3.59. The van der Waals surface area contributed by atoms with Crippen LogP contribution in [-0.2, 0) is 25.7 Å². The third-order valence-corrected chi connectivity index (χ3v) is 5.38. The van der Waals surface area contributed by atoms with Gasteiger partial charge in [0.1, 0.15) is 6.54 Å². The summed E-state index contributed by atoms with van der Waals surface area (Å²) >= 11 is 5.57. The second kappa shape index (κ2) is 9.56. The van der Waals surface area contributed by atoms with Gasteiger partial charge >= 0.3 is 12.1 Å². The first-order valence-electron chi connectivity index (χ1n) is 8.74. The van der Waals surface area contributed by atoms with E-state index >= 15 is 0 Å². The molecule has 0 fully saturated rings. The number of carbonyl (C=O) groups excluding carboxylic acids is 2. The minimum absolute atomic E-state index is 0.194. The molecule has 0 spiro atoms. The molecule has 7 nitrogen and oxygen atoms in total. The Morgan fingerprint density at radius 3 is 2.26 bits per heavy atom. The van der Waals surface area contributed by atoms with Crippen LogP contribution in [0.5, 0.6) is 0 Å². The van der Waals surface area contributed by atoms with Gasteiger partial charge in [0.25, 0.3) is 0 Å². The van der Waals surface area contributed by atoms with E-state index in [0.717, 1.165) is 18.4 Å². The first kappa shape index (κ1) is 24.5. The number of esters is 1. The summed E-state index contributed by atoms with van der Waals surface area (Å²) in [6, 6.07) is 8.14. The number of amides is 1. The molecule has 0 saturated carbocycles. The van der Waals surface area contributed by atoms with E-state index in [4.69, 9.17) is 16.3 Å². The predicted molar refractivity (Wildman–Crippen MR) is 110 cm³/mol. The number of ether oxygens (including phenoxy) is 1. The highest BCUT2D eigenvalue weighted by atomic mass is 35.5. The van der Waals surface area contributed by atoms with Crippen LogP contribution in [0.25, 0.3) is 0 Å². The fraction of sp³-hybridized carbons (Fsp3) is 0.263. The maximum Gasteiger partial charge on any atom is 0.417 e. The predicted octanol–water partition coefficient (Wildman–Crippen LogP) is 3.94. The molecular weight excluding hydrogens is 461 g/mol. The van der Waals surface area contributed by atoms with Crippen molar-refractivity contribution >= 4 is 44.9 Å². The molecule has 0 unspecified atom stereocenters. The summed E-state index contributed by atoms with van der Waals surface area (Å²) in [6.07, 6.45) is -4.05. The normalized spacial score (nSPS) is 11.7. The number of nitrogens with zero attached hydrogens (tertiary/aromatic N) is 1. The molecule has 0 aliphatic heterocycles. The Balaban J connectivity index is 2.23. The van der Waals surface area contributed by atoms with Gasteiger partial charge in [0.2, 0.25) is 15.9 Å². The molecule has 1 N–H and O–H groups in total. The van der Waals surface area contributed by atoms with E-state index in [-0.39, 0.29) is 23.5 Å². The lowest BCUT2D eigenvalue weighted by Crippen LogP contribution is -2.37. The van der Waals surface area contributed by atoms with E-state index in [1.54, 1.807) is 6.92 Å². The molecule has 0 saturated heterocycles. The third-order valence-electron chi connectivity index (χ3n) is 3.91. The SMILES string of the molecule is CCOC(=O)c1ccc(NC(=O)CN(c2ccc(Cl)c(C(F)(F)F)c2)S(C)(=O)=O)cc1. The molecule has 2 aromatic carbocycles. The number of rotatable bonds is 7. The van der Waals surface area contributed by atoms with Crippen LogP contribution < -0.4 is 9.62 Å². The molecule has 168 valence electrons. The number of alkyl halides is 3. The molecule has 0 aliphatic rings. The second-order valence-corrected chi connectivity index (χ2v) is 8.59. The molecule has 0 atom stereocenters. The van der Waals surface area contributed by atoms with Gasteiger partial charge in [0.05, 0.1) is 34.7 Å². The van der Waals surface area contributed by atoms with Crippen LogP contribution in [0.3, 0.4) is 0 Å². The summed E-state index contributed by atoms with van der Waals surface area (Å²) < 4.78 is 69.0. The molecule has 0 radical (unpaired) electrons. The summed E-state index contributed by atoms with van der Waals surface area (Å²) in [5.41, 5.74) is -1.10. The molecular formula is C19H18ClF3N2O5S. The van der Waals surface area contributed by atoms with Gasteiger partial charge in [-0.15, -0.1) is 0 Å². The standard InChI is InChI=1S/C19H18ClF3N2O5S/c1-3-30-18(27)12-4-6-13(7-5-12)24-17(26)11-25(31(2,28)29)14-8-9-16(20)15(10-14)19(21,22)23/h4-10H,3,11H2,1-2H3,(H,24,26). The van der Waals surface area contributed by atoms with E-state index in [9.17, 15) is 31.2 Å². The van der Waals surface area contributed by atoms with Crippen molar-refractivity contribution in [3.63, 3.8) is 0 Å². The van der Waals surface area contributed by atoms with Crippen LogP contribution in [0.2, 0.25) is 5.02 Å². The topological polar surface area (TPSA) is 92.8 Å². The lowest BCUT2D eigenvalue weighted by Gasteiger charge is -2.23. The van der Waals surface area contributed by atoms with E-state index in [2.05, 4.69) is 5.32 Å². The Kier molecular flexibility index (Phi) is 7.55. The number of benzene rings is 2. The van der Waals surface area contributed by atoms with Crippen LogP contribution in [0.1, 0.15) is 22.8 Å². The first-order chi connectivity index (χ1) is 14.3. The largest absolute Gasteiger partial charge is 0.462 e. The molecule has 0 bridgehead atoms. The van der Waals surface area contributed by atoms with Gasteiger partial charge in [-0.1, -0.05) is 11.6 Å². The summed E-state index contributed by atoms with van der Waals surface area (Å²) in [7, 11) is -4.10. The molecule has 2 rings (SSSR count). The second-order valence-electron chi connectivity index (χ2n) is 6.28. The Hall–Kier alpha value is -2.79. The van der Waals surface area contributed by atoms with Gasteiger partial charge in [0.15, 0.2) is 0 Å². The molecule has 1 amide bonds. The van der Waals surface area contributed by atoms with Crippen molar-refractivity contribution in [2.24, 2.45) is 0 Å². The van der Waals surface area contributed by atoms with Crippen LogP contribution >= 0.6 is 11.6 Å². The minimum Gasteiger partial charge on any atom is -0.462 e. The van der Waals surface area contributed by atoms with Crippen molar-refractivity contribution < 1.29 is 35.9 Å². The first-order valence-corrected chi connectivity index (χ1v) is 11.0. The Morgan fingerprint density at radius 2 is 1.74 bits per heavy atom. The highest BCUT2D eigenvalue weighted by molar-refractivity contribution is 7.92.